The van der Waals surface area contributed by atoms with Crippen LogP contribution in [0.15, 0.2) is 12.7 Å². The van der Waals surface area contributed by atoms with Crippen LogP contribution in [-0.2, 0) is 13.4 Å². The fourth-order valence-corrected chi connectivity index (χ4v) is 2.69. The van der Waals surface area contributed by atoms with Crippen molar-refractivity contribution in [3.63, 3.8) is 0 Å². The molecule has 0 spiro atoms. The number of imidazole rings is 1. The molecular formula is C5H8N5NaO7P2. The van der Waals surface area contributed by atoms with Crippen molar-refractivity contribution >= 4 is 32.6 Å². The Morgan fingerprint density at radius 3 is 2.50 bits per heavy atom. The molecule has 0 saturated heterocycles. The van der Waals surface area contributed by atoms with Crippen LogP contribution in [0.4, 0.5) is 5.82 Å². The Balaban J connectivity index is 0.00000200. The van der Waals surface area contributed by atoms with Crippen LogP contribution in [-0.4, -0.2) is 34.4 Å². The number of rotatable bonds is 4. The van der Waals surface area contributed by atoms with Crippen molar-refractivity contribution in [1.82, 2.24) is 19.7 Å². The van der Waals surface area contributed by atoms with Gasteiger partial charge in [0.25, 0.3) is 0 Å². The number of nitrogens with zero attached hydrogens (tertiary/aromatic N) is 4. The van der Waals surface area contributed by atoms with Crippen molar-refractivity contribution in [1.29, 1.82) is 0 Å². The van der Waals surface area contributed by atoms with Crippen molar-refractivity contribution in [3.05, 3.63) is 12.7 Å². The maximum Gasteiger partial charge on any atom is 1.00 e. The Morgan fingerprint density at radius 2 is 1.90 bits per heavy atom. The molecule has 0 radical (unpaired) electrons. The SMILES string of the molecule is Nc1ncnc2c1ncn2OP(=O)(O)OP(=O)(O)O.[H-].[Na+]. The zero-order valence-electron chi connectivity index (χ0n) is 10.9. The van der Waals surface area contributed by atoms with Crippen LogP contribution in [0.3, 0.4) is 0 Å². The number of anilines is 1. The van der Waals surface area contributed by atoms with Gasteiger partial charge in [-0.15, -0.1) is 4.73 Å². The van der Waals surface area contributed by atoms with Crippen LogP contribution in [0, 0.1) is 0 Å². The molecule has 20 heavy (non-hydrogen) atoms. The first-order valence-electron chi connectivity index (χ1n) is 4.41. The molecule has 0 aliphatic rings. The van der Waals surface area contributed by atoms with Crippen molar-refractivity contribution in [2.75, 3.05) is 5.73 Å². The molecule has 2 rings (SSSR count). The van der Waals surface area contributed by atoms with E-state index in [9.17, 15) is 9.13 Å². The molecule has 15 heteroatoms. The number of hydrogen-bond acceptors (Lipinski definition) is 8. The van der Waals surface area contributed by atoms with Gasteiger partial charge in [-0.25, -0.2) is 24.1 Å². The quantitative estimate of drug-likeness (QED) is 0.317. The molecule has 0 fully saturated rings. The Kier molecular flexibility index (Phi) is 5.30. The van der Waals surface area contributed by atoms with E-state index < -0.39 is 15.6 Å². The van der Waals surface area contributed by atoms with Crippen LogP contribution < -0.4 is 39.9 Å². The summed E-state index contributed by atoms with van der Waals surface area (Å²) in [5.41, 5.74) is 5.47. The van der Waals surface area contributed by atoms with Gasteiger partial charge >= 0.3 is 45.2 Å². The Labute approximate surface area is 134 Å². The number of phosphoric acid groups is 2. The first-order valence-corrected chi connectivity index (χ1v) is 7.44. The first-order chi connectivity index (χ1) is 8.68. The molecule has 1 atom stereocenters. The Morgan fingerprint density at radius 1 is 1.25 bits per heavy atom. The molecular weight excluding hydrogens is 327 g/mol. The average Bonchev–Trinajstić information content (AvgIpc) is 2.58. The summed E-state index contributed by atoms with van der Waals surface area (Å²) >= 11 is 0. The summed E-state index contributed by atoms with van der Waals surface area (Å²) in [6.45, 7) is 0. The molecule has 0 aliphatic heterocycles. The van der Waals surface area contributed by atoms with E-state index in [0.717, 1.165) is 12.7 Å². The fraction of sp³-hybridized carbons (Fsp3) is 0. The number of nitrogen functional groups attached to an aromatic ring is 1. The second-order valence-electron chi connectivity index (χ2n) is 3.12. The van der Waals surface area contributed by atoms with Gasteiger partial charge in [0.05, 0.1) is 0 Å². The number of aromatic nitrogens is 4. The minimum absolute atomic E-state index is 0. The monoisotopic (exact) mass is 335 g/mol. The third-order valence-electron chi connectivity index (χ3n) is 1.73. The summed E-state index contributed by atoms with van der Waals surface area (Å²) in [7, 11) is -10.3. The normalized spacial score (nSPS) is 14.6. The van der Waals surface area contributed by atoms with Crippen molar-refractivity contribution in [2.45, 2.75) is 0 Å². The standard InChI is InChI=1S/C5H7N5O7P2.Na.H/c6-4-3-5(8-1-7-4)10(2-9-3)16-19(14,15)17-18(11,12)13;;/h1-2H,(H,14,15)(H2,6,7,8)(H2,11,12,13);;/q;+1;-1. The third kappa shape index (κ3) is 4.22. The van der Waals surface area contributed by atoms with Crippen LogP contribution >= 0.6 is 15.6 Å². The van der Waals surface area contributed by atoms with Crippen LogP contribution in [0.2, 0.25) is 0 Å². The molecule has 2 aromatic heterocycles. The maximum atomic E-state index is 11.3. The van der Waals surface area contributed by atoms with Gasteiger partial charge in [-0.2, -0.15) is 4.31 Å². The zero-order chi connectivity index (χ0) is 14.3. The molecule has 0 amide bonds. The molecule has 12 nitrogen and oxygen atoms in total. The van der Waals surface area contributed by atoms with Crippen LogP contribution in [0.25, 0.3) is 11.2 Å². The predicted molar refractivity (Wildman–Crippen MR) is 60.4 cm³/mol. The summed E-state index contributed by atoms with van der Waals surface area (Å²) in [6.07, 6.45) is 1.97. The number of nitrogens with two attached hydrogens (primary N) is 1. The second-order valence-corrected chi connectivity index (χ2v) is 5.86. The van der Waals surface area contributed by atoms with Gasteiger partial charge in [0.2, 0.25) is 5.65 Å². The van der Waals surface area contributed by atoms with Gasteiger partial charge in [0, 0.05) is 0 Å². The fourth-order valence-electron chi connectivity index (χ4n) is 1.15. The summed E-state index contributed by atoms with van der Waals surface area (Å²) in [5.74, 6) is -0.00368. The molecule has 1 unspecified atom stereocenters. The molecule has 0 aliphatic carbocycles. The van der Waals surface area contributed by atoms with Crippen molar-refractivity contribution in [2.24, 2.45) is 0 Å². The topological polar surface area (TPSA) is 183 Å². The molecule has 0 saturated carbocycles. The summed E-state index contributed by atoms with van der Waals surface area (Å²) in [4.78, 5) is 37.1. The smallest absolute Gasteiger partial charge is 1.00 e. The molecule has 5 N–H and O–H groups in total. The zero-order valence-corrected chi connectivity index (χ0v) is 13.7. The van der Waals surface area contributed by atoms with E-state index >= 15 is 0 Å². The summed E-state index contributed by atoms with van der Waals surface area (Å²) in [6, 6.07) is 0. The van der Waals surface area contributed by atoms with E-state index in [-0.39, 0.29) is 48.0 Å². The minimum atomic E-state index is -5.20. The first kappa shape index (κ1) is 17.5. The van der Waals surface area contributed by atoms with E-state index in [4.69, 9.17) is 20.4 Å². The number of fused-ring (bicyclic) bond motifs is 1. The van der Waals surface area contributed by atoms with Crippen molar-refractivity contribution < 1.29 is 63.7 Å². The Bertz CT molecular complexity index is 720. The van der Waals surface area contributed by atoms with E-state index in [2.05, 4.69) is 23.9 Å². The molecule has 106 valence electrons. The maximum absolute atomic E-state index is 11.3. The van der Waals surface area contributed by atoms with Gasteiger partial charge in [0.15, 0.2) is 11.3 Å². The van der Waals surface area contributed by atoms with Crippen molar-refractivity contribution in [3.8, 4) is 0 Å². The molecule has 0 aromatic carbocycles. The summed E-state index contributed by atoms with van der Waals surface area (Å²) < 4.78 is 30.4. The van der Waals surface area contributed by atoms with Gasteiger partial charge in [0.1, 0.15) is 12.7 Å². The van der Waals surface area contributed by atoms with Crippen LogP contribution in [0.1, 0.15) is 1.43 Å². The van der Waals surface area contributed by atoms with Crippen LogP contribution in [0.5, 0.6) is 0 Å². The minimum Gasteiger partial charge on any atom is -1.00 e. The summed E-state index contributed by atoms with van der Waals surface area (Å²) in [5, 5.41) is 0. The Hall–Kier alpha value is -0.550. The molecule has 2 aromatic rings. The van der Waals surface area contributed by atoms with Gasteiger partial charge < -0.3 is 21.6 Å². The largest absolute Gasteiger partial charge is 1.00 e. The molecule has 0 bridgehead atoms. The van der Waals surface area contributed by atoms with Gasteiger partial charge in [-0.3, -0.25) is 4.89 Å². The van der Waals surface area contributed by atoms with E-state index in [1.807, 2.05) is 0 Å². The number of hydrogen-bond donors (Lipinski definition) is 4. The second kappa shape index (κ2) is 6.06. The predicted octanol–water partition coefficient (Wildman–Crippen LogP) is -3.84. The van der Waals surface area contributed by atoms with E-state index in [0.29, 0.717) is 4.73 Å². The van der Waals surface area contributed by atoms with Gasteiger partial charge in [-0.1, -0.05) is 0 Å². The van der Waals surface area contributed by atoms with E-state index in [1.165, 1.54) is 0 Å². The van der Waals surface area contributed by atoms with Gasteiger partial charge in [-0.05, 0) is 0 Å². The third-order valence-corrected chi connectivity index (χ3v) is 3.79. The van der Waals surface area contributed by atoms with E-state index in [1.54, 1.807) is 0 Å². The molecule has 2 heterocycles. The average molecular weight is 335 g/mol.